The highest BCUT2D eigenvalue weighted by Crippen LogP contribution is 2.26. The molecule has 1 heterocycles. The Bertz CT molecular complexity index is 819. The van der Waals surface area contributed by atoms with Crippen LogP contribution in [0.5, 0.6) is 23.5 Å². The zero-order chi connectivity index (χ0) is 20.7. The van der Waals surface area contributed by atoms with Gasteiger partial charge in [-0.1, -0.05) is 12.1 Å². The number of amides is 2. The van der Waals surface area contributed by atoms with Crippen LogP contribution >= 0.6 is 0 Å². The van der Waals surface area contributed by atoms with E-state index in [9.17, 15) is 9.59 Å². The number of rotatable bonds is 8. The highest BCUT2D eigenvalue weighted by atomic mass is 16.5. The van der Waals surface area contributed by atoms with E-state index >= 15 is 0 Å². The first-order chi connectivity index (χ1) is 13.3. The first-order valence-corrected chi connectivity index (χ1v) is 8.69. The molecule has 9 heteroatoms. The molecule has 0 aliphatic heterocycles. The van der Waals surface area contributed by atoms with Gasteiger partial charge in [-0.3, -0.25) is 9.59 Å². The summed E-state index contributed by atoms with van der Waals surface area (Å²) in [7, 11) is 2.91. The van der Waals surface area contributed by atoms with Crippen molar-refractivity contribution in [2.75, 3.05) is 14.2 Å². The molecule has 9 nitrogen and oxygen atoms in total. The van der Waals surface area contributed by atoms with E-state index in [0.29, 0.717) is 0 Å². The average molecular weight is 388 g/mol. The number of para-hydroxylation sites is 1. The quantitative estimate of drug-likeness (QED) is 0.711. The molecule has 2 rings (SSSR count). The van der Waals surface area contributed by atoms with Gasteiger partial charge in [-0.2, -0.15) is 9.97 Å². The summed E-state index contributed by atoms with van der Waals surface area (Å²) >= 11 is 0. The van der Waals surface area contributed by atoms with Crippen molar-refractivity contribution >= 4 is 11.8 Å². The molecule has 0 saturated heterocycles. The molecule has 150 valence electrons. The number of carbonyl (C=O) groups excluding carboxylic acids is 2. The van der Waals surface area contributed by atoms with Gasteiger partial charge in [0.15, 0.2) is 0 Å². The molecule has 1 unspecified atom stereocenters. The molecule has 0 bridgehead atoms. The Morgan fingerprint density at radius 3 is 2.14 bits per heavy atom. The number of hydrogen-bond donors (Lipinski definition) is 2. The Kier molecular flexibility index (Phi) is 7.14. The first-order valence-electron chi connectivity index (χ1n) is 8.69. The van der Waals surface area contributed by atoms with E-state index in [1.54, 1.807) is 31.2 Å². The second-order valence-corrected chi connectivity index (χ2v) is 6.19. The number of methoxy groups -OCH3 is 2. The van der Waals surface area contributed by atoms with Crippen molar-refractivity contribution in [2.45, 2.75) is 32.9 Å². The Morgan fingerprint density at radius 2 is 1.57 bits per heavy atom. The van der Waals surface area contributed by atoms with Crippen molar-refractivity contribution in [1.82, 2.24) is 20.6 Å². The summed E-state index contributed by atoms with van der Waals surface area (Å²) in [5.41, 5.74) is 0.233. The number of aromatic nitrogens is 2. The predicted molar refractivity (Wildman–Crippen MR) is 102 cm³/mol. The standard InChI is InChI=1S/C19H24N4O5/c1-11(2)20-17(24)12(3)21-18(25)13-8-6-7-9-14(13)28-19-22-15(26-4)10-16(23-19)27-5/h6-12H,1-5H3,(H,20,24)(H,21,25). The van der Waals surface area contributed by atoms with Crippen LogP contribution in [0.2, 0.25) is 0 Å². The fourth-order valence-electron chi connectivity index (χ4n) is 2.23. The first kappa shape index (κ1) is 20.9. The zero-order valence-corrected chi connectivity index (χ0v) is 16.5. The third-order valence-corrected chi connectivity index (χ3v) is 3.58. The van der Waals surface area contributed by atoms with Crippen molar-refractivity contribution in [2.24, 2.45) is 0 Å². The largest absolute Gasteiger partial charge is 0.481 e. The fraction of sp³-hybridized carbons (Fsp3) is 0.368. The van der Waals surface area contributed by atoms with Crippen molar-refractivity contribution < 1.29 is 23.8 Å². The Labute approximate surface area is 163 Å². The lowest BCUT2D eigenvalue weighted by atomic mass is 10.1. The molecule has 2 aromatic rings. The SMILES string of the molecule is COc1cc(OC)nc(Oc2ccccc2C(=O)NC(C)C(=O)NC(C)C)n1. The number of carbonyl (C=O) groups is 2. The van der Waals surface area contributed by atoms with Crippen LogP contribution in [0.25, 0.3) is 0 Å². The van der Waals surface area contributed by atoms with E-state index in [-0.39, 0.29) is 41.0 Å². The molecule has 0 saturated carbocycles. The molecule has 0 aliphatic carbocycles. The van der Waals surface area contributed by atoms with Crippen LogP contribution in [-0.2, 0) is 4.79 Å². The Hall–Kier alpha value is -3.36. The van der Waals surface area contributed by atoms with Crippen LogP contribution < -0.4 is 24.8 Å². The normalized spacial score (nSPS) is 11.5. The van der Waals surface area contributed by atoms with Crippen LogP contribution in [0.15, 0.2) is 30.3 Å². The third kappa shape index (κ3) is 5.57. The predicted octanol–water partition coefficient (Wildman–Crippen LogP) is 1.93. The summed E-state index contributed by atoms with van der Waals surface area (Å²) in [4.78, 5) is 32.8. The minimum atomic E-state index is -0.712. The highest BCUT2D eigenvalue weighted by molar-refractivity contribution is 5.99. The lowest BCUT2D eigenvalue weighted by Crippen LogP contribution is -2.46. The maximum Gasteiger partial charge on any atom is 0.328 e. The van der Waals surface area contributed by atoms with E-state index in [2.05, 4.69) is 20.6 Å². The van der Waals surface area contributed by atoms with E-state index < -0.39 is 11.9 Å². The van der Waals surface area contributed by atoms with Crippen molar-refractivity contribution in [1.29, 1.82) is 0 Å². The smallest absolute Gasteiger partial charge is 0.328 e. The zero-order valence-electron chi connectivity index (χ0n) is 16.5. The lowest BCUT2D eigenvalue weighted by molar-refractivity contribution is -0.123. The minimum Gasteiger partial charge on any atom is -0.481 e. The molecule has 2 amide bonds. The second kappa shape index (κ2) is 9.54. The minimum absolute atomic E-state index is 0.0253. The van der Waals surface area contributed by atoms with Gasteiger partial charge in [0.05, 0.1) is 25.8 Å². The summed E-state index contributed by atoms with van der Waals surface area (Å²) < 4.78 is 15.9. The Morgan fingerprint density at radius 1 is 0.964 bits per heavy atom. The van der Waals surface area contributed by atoms with E-state index in [1.807, 2.05) is 13.8 Å². The van der Waals surface area contributed by atoms with Gasteiger partial charge in [0.25, 0.3) is 5.91 Å². The maximum atomic E-state index is 12.6. The van der Waals surface area contributed by atoms with Crippen LogP contribution in [0, 0.1) is 0 Å². The van der Waals surface area contributed by atoms with Crippen LogP contribution in [-0.4, -0.2) is 48.1 Å². The van der Waals surface area contributed by atoms with E-state index in [0.717, 1.165) is 0 Å². The molecular weight excluding hydrogens is 364 g/mol. The summed E-state index contributed by atoms with van der Waals surface area (Å²) in [6.07, 6.45) is 0. The summed E-state index contributed by atoms with van der Waals surface area (Å²) in [6.45, 7) is 5.30. The van der Waals surface area contributed by atoms with Crippen molar-refractivity contribution in [3.63, 3.8) is 0 Å². The number of benzene rings is 1. The molecule has 28 heavy (non-hydrogen) atoms. The monoisotopic (exact) mass is 388 g/mol. The van der Waals surface area contributed by atoms with Gasteiger partial charge in [0.1, 0.15) is 11.8 Å². The van der Waals surface area contributed by atoms with Crippen molar-refractivity contribution in [3.8, 4) is 23.5 Å². The molecule has 0 aliphatic rings. The van der Waals surface area contributed by atoms with Crippen LogP contribution in [0.3, 0.4) is 0 Å². The summed E-state index contributed by atoms with van der Waals surface area (Å²) in [5.74, 6) is -0.00298. The van der Waals surface area contributed by atoms with Gasteiger partial charge in [0.2, 0.25) is 17.7 Å². The van der Waals surface area contributed by atoms with Gasteiger partial charge in [-0.05, 0) is 32.9 Å². The molecular formula is C19H24N4O5. The Balaban J connectivity index is 2.21. The number of nitrogens with one attached hydrogen (secondary N) is 2. The molecule has 1 atom stereocenters. The molecule has 1 aromatic carbocycles. The maximum absolute atomic E-state index is 12.6. The van der Waals surface area contributed by atoms with E-state index in [4.69, 9.17) is 14.2 Å². The number of ether oxygens (including phenoxy) is 3. The molecule has 0 spiro atoms. The molecule has 0 fully saturated rings. The van der Waals surface area contributed by atoms with Gasteiger partial charge >= 0.3 is 6.01 Å². The van der Waals surface area contributed by atoms with Gasteiger partial charge in [0, 0.05) is 6.04 Å². The number of nitrogens with zero attached hydrogens (tertiary/aromatic N) is 2. The van der Waals surface area contributed by atoms with Gasteiger partial charge < -0.3 is 24.8 Å². The number of hydrogen-bond acceptors (Lipinski definition) is 7. The van der Waals surface area contributed by atoms with Gasteiger partial charge in [-0.15, -0.1) is 0 Å². The topological polar surface area (TPSA) is 112 Å². The molecule has 0 radical (unpaired) electrons. The average Bonchev–Trinajstić information content (AvgIpc) is 2.67. The molecule has 2 N–H and O–H groups in total. The molecule has 1 aromatic heterocycles. The fourth-order valence-corrected chi connectivity index (χ4v) is 2.23. The lowest BCUT2D eigenvalue weighted by Gasteiger charge is -2.17. The summed E-state index contributed by atoms with van der Waals surface area (Å²) in [5, 5.41) is 5.40. The van der Waals surface area contributed by atoms with Crippen LogP contribution in [0.4, 0.5) is 0 Å². The van der Waals surface area contributed by atoms with E-state index in [1.165, 1.54) is 20.3 Å². The third-order valence-electron chi connectivity index (χ3n) is 3.58. The highest BCUT2D eigenvalue weighted by Gasteiger charge is 2.20. The second-order valence-electron chi connectivity index (χ2n) is 6.19. The summed E-state index contributed by atoms with van der Waals surface area (Å²) in [6, 6.07) is 7.30. The van der Waals surface area contributed by atoms with Crippen molar-refractivity contribution in [3.05, 3.63) is 35.9 Å². The van der Waals surface area contributed by atoms with Crippen LogP contribution in [0.1, 0.15) is 31.1 Å². The van der Waals surface area contributed by atoms with Gasteiger partial charge in [-0.25, -0.2) is 0 Å².